The molecule has 1 saturated heterocycles. The second kappa shape index (κ2) is 8.37. The summed E-state index contributed by atoms with van der Waals surface area (Å²) >= 11 is 0. The van der Waals surface area contributed by atoms with Gasteiger partial charge >= 0.3 is 0 Å². The average Bonchev–Trinajstić information content (AvgIpc) is 3.50. The van der Waals surface area contributed by atoms with Gasteiger partial charge in [0.05, 0.1) is 0 Å². The van der Waals surface area contributed by atoms with Gasteiger partial charge in [0.15, 0.2) is 0 Å². The SMILES string of the molecule is CCCCCNC(=O)c1ccc(N2CCN(C(=O)C3CC3)CC2)cc1. The molecule has 1 aromatic carbocycles. The van der Waals surface area contributed by atoms with Gasteiger partial charge in [-0.3, -0.25) is 9.59 Å². The number of rotatable bonds is 7. The van der Waals surface area contributed by atoms with Crippen molar-refractivity contribution in [2.75, 3.05) is 37.6 Å². The Morgan fingerprint density at radius 3 is 2.32 bits per heavy atom. The van der Waals surface area contributed by atoms with Crippen LogP contribution >= 0.6 is 0 Å². The summed E-state index contributed by atoms with van der Waals surface area (Å²) in [6, 6.07) is 7.82. The molecular formula is C20H29N3O2. The molecule has 25 heavy (non-hydrogen) atoms. The van der Waals surface area contributed by atoms with Crippen LogP contribution in [0.15, 0.2) is 24.3 Å². The summed E-state index contributed by atoms with van der Waals surface area (Å²) in [5, 5.41) is 2.97. The van der Waals surface area contributed by atoms with Gasteiger partial charge in [0.25, 0.3) is 5.91 Å². The lowest BCUT2D eigenvalue weighted by Crippen LogP contribution is -2.49. The van der Waals surface area contributed by atoms with Gasteiger partial charge in [-0.05, 0) is 43.5 Å². The maximum absolute atomic E-state index is 12.1. The molecule has 5 nitrogen and oxygen atoms in total. The lowest BCUT2D eigenvalue weighted by molar-refractivity contribution is -0.132. The van der Waals surface area contributed by atoms with Gasteiger partial charge in [0.2, 0.25) is 5.91 Å². The third-order valence-corrected chi connectivity index (χ3v) is 5.08. The van der Waals surface area contributed by atoms with Gasteiger partial charge in [0.1, 0.15) is 0 Å². The first-order valence-corrected chi connectivity index (χ1v) is 9.61. The van der Waals surface area contributed by atoms with Crippen LogP contribution < -0.4 is 10.2 Å². The minimum absolute atomic E-state index is 0.00232. The smallest absolute Gasteiger partial charge is 0.251 e. The van der Waals surface area contributed by atoms with Gasteiger partial charge in [-0.2, -0.15) is 0 Å². The number of hydrogen-bond acceptors (Lipinski definition) is 3. The predicted molar refractivity (Wildman–Crippen MR) is 99.8 cm³/mol. The number of nitrogens with zero attached hydrogens (tertiary/aromatic N) is 2. The van der Waals surface area contributed by atoms with E-state index in [0.717, 1.165) is 70.5 Å². The zero-order valence-corrected chi connectivity index (χ0v) is 15.2. The van der Waals surface area contributed by atoms with Crippen LogP contribution in [0.1, 0.15) is 49.4 Å². The summed E-state index contributed by atoms with van der Waals surface area (Å²) in [7, 11) is 0. The van der Waals surface area contributed by atoms with E-state index in [0.29, 0.717) is 17.4 Å². The Balaban J connectivity index is 1.47. The van der Waals surface area contributed by atoms with Gasteiger partial charge in [-0.1, -0.05) is 19.8 Å². The lowest BCUT2D eigenvalue weighted by Gasteiger charge is -2.36. The van der Waals surface area contributed by atoms with E-state index in [-0.39, 0.29) is 5.91 Å². The van der Waals surface area contributed by atoms with Crippen molar-refractivity contribution in [1.29, 1.82) is 0 Å². The quantitative estimate of drug-likeness (QED) is 0.775. The van der Waals surface area contributed by atoms with Crippen LogP contribution in [0.4, 0.5) is 5.69 Å². The Labute approximate surface area is 150 Å². The van der Waals surface area contributed by atoms with Crippen LogP contribution in [-0.2, 0) is 4.79 Å². The summed E-state index contributed by atoms with van der Waals surface area (Å²) in [6.07, 6.45) is 5.48. The Bertz CT molecular complexity index is 587. The number of carbonyl (C=O) groups is 2. The van der Waals surface area contributed by atoms with E-state index in [4.69, 9.17) is 0 Å². The van der Waals surface area contributed by atoms with E-state index in [1.54, 1.807) is 0 Å². The van der Waals surface area contributed by atoms with Crippen LogP contribution in [0, 0.1) is 5.92 Å². The molecule has 1 aliphatic heterocycles. The molecule has 2 fully saturated rings. The molecular weight excluding hydrogens is 314 g/mol. The average molecular weight is 343 g/mol. The Hall–Kier alpha value is -2.04. The normalized spacial score (nSPS) is 17.5. The van der Waals surface area contributed by atoms with E-state index in [2.05, 4.69) is 17.1 Å². The molecule has 136 valence electrons. The van der Waals surface area contributed by atoms with Crippen LogP contribution in [0.5, 0.6) is 0 Å². The van der Waals surface area contributed by atoms with E-state index in [9.17, 15) is 9.59 Å². The van der Waals surface area contributed by atoms with E-state index in [1.165, 1.54) is 0 Å². The van der Waals surface area contributed by atoms with Crippen LogP contribution in [-0.4, -0.2) is 49.4 Å². The van der Waals surface area contributed by atoms with E-state index in [1.807, 2.05) is 29.2 Å². The second-order valence-electron chi connectivity index (χ2n) is 7.10. The van der Waals surface area contributed by atoms with E-state index >= 15 is 0 Å². The van der Waals surface area contributed by atoms with Crippen molar-refractivity contribution in [2.24, 2.45) is 5.92 Å². The summed E-state index contributed by atoms with van der Waals surface area (Å²) in [6.45, 7) is 6.22. The van der Waals surface area contributed by atoms with Gasteiger partial charge in [0, 0.05) is 49.9 Å². The molecule has 0 spiro atoms. The highest BCUT2D eigenvalue weighted by Gasteiger charge is 2.34. The monoisotopic (exact) mass is 343 g/mol. The van der Waals surface area contributed by atoms with Crippen LogP contribution in [0.25, 0.3) is 0 Å². The third-order valence-electron chi connectivity index (χ3n) is 5.08. The highest BCUT2D eigenvalue weighted by Crippen LogP contribution is 2.31. The molecule has 0 aromatic heterocycles. The molecule has 1 aromatic rings. The zero-order valence-electron chi connectivity index (χ0n) is 15.2. The fraction of sp³-hybridized carbons (Fsp3) is 0.600. The lowest BCUT2D eigenvalue weighted by atomic mass is 10.1. The standard InChI is InChI=1S/C20H29N3O2/c1-2-3-4-11-21-19(24)16-7-9-18(10-8-16)22-12-14-23(15-13-22)20(25)17-5-6-17/h7-10,17H,2-6,11-15H2,1H3,(H,21,24). The number of amides is 2. The number of unbranched alkanes of at least 4 members (excludes halogenated alkanes) is 2. The molecule has 0 radical (unpaired) electrons. The number of carbonyl (C=O) groups excluding carboxylic acids is 2. The molecule has 1 heterocycles. The van der Waals surface area contributed by atoms with Crippen molar-refractivity contribution >= 4 is 17.5 Å². The molecule has 2 aliphatic rings. The Morgan fingerprint density at radius 1 is 1.04 bits per heavy atom. The molecule has 0 bridgehead atoms. The molecule has 1 N–H and O–H groups in total. The summed E-state index contributed by atoms with van der Waals surface area (Å²) in [4.78, 5) is 28.5. The first-order valence-electron chi connectivity index (χ1n) is 9.61. The highest BCUT2D eigenvalue weighted by molar-refractivity contribution is 5.94. The first-order chi connectivity index (χ1) is 12.2. The maximum Gasteiger partial charge on any atom is 0.251 e. The molecule has 0 unspecified atom stereocenters. The molecule has 3 rings (SSSR count). The molecule has 5 heteroatoms. The number of benzene rings is 1. The van der Waals surface area contributed by atoms with Crippen molar-refractivity contribution in [2.45, 2.75) is 39.0 Å². The minimum Gasteiger partial charge on any atom is -0.368 e. The maximum atomic E-state index is 12.1. The molecule has 0 atom stereocenters. The zero-order chi connectivity index (χ0) is 17.6. The van der Waals surface area contributed by atoms with Crippen molar-refractivity contribution in [3.8, 4) is 0 Å². The molecule has 1 saturated carbocycles. The predicted octanol–water partition coefficient (Wildman–Crippen LogP) is 2.67. The Kier molecular flexibility index (Phi) is 5.95. The summed E-state index contributed by atoms with van der Waals surface area (Å²) in [5.74, 6) is 0.652. The van der Waals surface area contributed by atoms with Crippen molar-refractivity contribution in [1.82, 2.24) is 10.2 Å². The van der Waals surface area contributed by atoms with Crippen molar-refractivity contribution < 1.29 is 9.59 Å². The molecule has 2 amide bonds. The third kappa shape index (κ3) is 4.74. The highest BCUT2D eigenvalue weighted by atomic mass is 16.2. The van der Waals surface area contributed by atoms with Crippen LogP contribution in [0.3, 0.4) is 0 Å². The Morgan fingerprint density at radius 2 is 1.72 bits per heavy atom. The van der Waals surface area contributed by atoms with Crippen molar-refractivity contribution in [3.63, 3.8) is 0 Å². The van der Waals surface area contributed by atoms with Crippen molar-refractivity contribution in [3.05, 3.63) is 29.8 Å². The van der Waals surface area contributed by atoms with Gasteiger partial charge in [-0.25, -0.2) is 0 Å². The second-order valence-corrected chi connectivity index (χ2v) is 7.10. The van der Waals surface area contributed by atoms with Gasteiger partial charge < -0.3 is 15.1 Å². The summed E-state index contributed by atoms with van der Waals surface area (Å²) < 4.78 is 0. The first kappa shape index (κ1) is 17.8. The van der Waals surface area contributed by atoms with Crippen LogP contribution in [0.2, 0.25) is 0 Å². The fourth-order valence-corrected chi connectivity index (χ4v) is 3.28. The van der Waals surface area contributed by atoms with Gasteiger partial charge in [-0.15, -0.1) is 0 Å². The topological polar surface area (TPSA) is 52.7 Å². The number of nitrogens with one attached hydrogen (secondary N) is 1. The fourth-order valence-electron chi connectivity index (χ4n) is 3.28. The molecule has 1 aliphatic carbocycles. The minimum atomic E-state index is 0.00232. The number of hydrogen-bond donors (Lipinski definition) is 1. The number of anilines is 1. The summed E-state index contributed by atoms with van der Waals surface area (Å²) in [5.41, 5.74) is 1.84. The van der Waals surface area contributed by atoms with E-state index < -0.39 is 0 Å². The number of piperazine rings is 1. The largest absolute Gasteiger partial charge is 0.368 e.